The van der Waals surface area contributed by atoms with Gasteiger partial charge in [-0.1, -0.05) is 25.3 Å². The Balaban J connectivity index is 1.57. The maximum atomic E-state index is 13.7. The smallest absolute Gasteiger partial charge is 0.311 e. The molecular formula is C21H26FN3O3S. The summed E-state index contributed by atoms with van der Waals surface area (Å²) in [6.07, 6.45) is 7.80. The topological polar surface area (TPSA) is 72.8 Å². The molecule has 0 bridgehead atoms. The van der Waals surface area contributed by atoms with Crippen LogP contribution in [0.4, 0.5) is 9.52 Å². The Morgan fingerprint density at radius 3 is 3.00 bits per heavy atom. The summed E-state index contributed by atoms with van der Waals surface area (Å²) in [5.41, 5.74) is 5.05. The van der Waals surface area contributed by atoms with Crippen molar-refractivity contribution in [3.05, 3.63) is 46.2 Å². The summed E-state index contributed by atoms with van der Waals surface area (Å²) in [6.45, 7) is 2.48. The number of nitrogens with zero attached hydrogens (tertiary/aromatic N) is 2. The minimum atomic E-state index is -0.304. The van der Waals surface area contributed by atoms with Gasteiger partial charge in [0.05, 0.1) is 37.6 Å². The van der Waals surface area contributed by atoms with Crippen LogP contribution in [0.15, 0.2) is 28.7 Å². The average molecular weight is 420 g/mol. The molecule has 1 aliphatic carbocycles. The Kier molecular flexibility index (Phi) is 8.13. The number of halogens is 1. The van der Waals surface area contributed by atoms with E-state index >= 15 is 0 Å². The number of carbonyl (C=O) groups excluding carboxylic acids is 1. The fourth-order valence-electron chi connectivity index (χ4n) is 3.22. The number of hydrazone groups is 1. The van der Waals surface area contributed by atoms with E-state index in [0.717, 1.165) is 24.0 Å². The second-order valence-corrected chi connectivity index (χ2v) is 7.77. The maximum Gasteiger partial charge on any atom is 0.311 e. The third-order valence-electron chi connectivity index (χ3n) is 4.68. The first-order valence-corrected chi connectivity index (χ1v) is 10.8. The molecule has 0 aliphatic heterocycles. The number of rotatable bonds is 9. The Morgan fingerprint density at radius 2 is 2.21 bits per heavy atom. The number of ether oxygens (including phenoxy) is 2. The van der Waals surface area contributed by atoms with Gasteiger partial charge < -0.3 is 9.47 Å². The van der Waals surface area contributed by atoms with Gasteiger partial charge in [0, 0.05) is 10.9 Å². The molecule has 1 aromatic carbocycles. The van der Waals surface area contributed by atoms with Gasteiger partial charge in [0.25, 0.3) is 0 Å². The molecule has 0 amide bonds. The van der Waals surface area contributed by atoms with Crippen LogP contribution >= 0.6 is 11.3 Å². The molecule has 0 unspecified atom stereocenters. The van der Waals surface area contributed by atoms with Crippen LogP contribution < -0.4 is 5.43 Å². The molecule has 1 aliphatic rings. The highest BCUT2D eigenvalue weighted by Gasteiger charge is 2.14. The highest BCUT2D eigenvalue weighted by Crippen LogP contribution is 2.22. The van der Waals surface area contributed by atoms with E-state index in [1.165, 1.54) is 42.7 Å². The zero-order valence-electron chi connectivity index (χ0n) is 16.5. The summed E-state index contributed by atoms with van der Waals surface area (Å²) in [6, 6.07) is 4.59. The van der Waals surface area contributed by atoms with E-state index in [0.29, 0.717) is 24.0 Å². The molecule has 1 heterocycles. The van der Waals surface area contributed by atoms with E-state index in [1.807, 2.05) is 0 Å². The quantitative estimate of drug-likeness (QED) is 0.363. The summed E-state index contributed by atoms with van der Waals surface area (Å²) in [5, 5.41) is 6.56. The largest absolute Gasteiger partial charge is 0.466 e. The molecular weight excluding hydrogens is 393 g/mol. The molecule has 8 heteroatoms. The predicted octanol–water partition coefficient (Wildman–Crippen LogP) is 4.68. The molecule has 156 valence electrons. The van der Waals surface area contributed by atoms with Crippen LogP contribution in [0, 0.1) is 5.82 Å². The summed E-state index contributed by atoms with van der Waals surface area (Å²) in [7, 11) is 0. The van der Waals surface area contributed by atoms with Crippen molar-refractivity contribution < 1.29 is 18.7 Å². The van der Waals surface area contributed by atoms with Crippen molar-refractivity contribution in [3.63, 3.8) is 0 Å². The average Bonchev–Trinajstić information content (AvgIpc) is 3.16. The van der Waals surface area contributed by atoms with Gasteiger partial charge in [-0.2, -0.15) is 5.10 Å². The second kappa shape index (κ2) is 11.0. The Hall–Kier alpha value is -2.32. The fourth-order valence-corrected chi connectivity index (χ4v) is 3.88. The molecule has 0 spiro atoms. The Bertz CT molecular complexity index is 834. The lowest BCUT2D eigenvalue weighted by Gasteiger charge is -2.22. The van der Waals surface area contributed by atoms with Crippen molar-refractivity contribution in [3.8, 4) is 0 Å². The zero-order valence-corrected chi connectivity index (χ0v) is 17.3. The lowest BCUT2D eigenvalue weighted by molar-refractivity contribution is -0.142. The van der Waals surface area contributed by atoms with E-state index in [1.54, 1.807) is 24.6 Å². The van der Waals surface area contributed by atoms with Crippen LogP contribution in [0.1, 0.15) is 55.8 Å². The van der Waals surface area contributed by atoms with Gasteiger partial charge in [0.15, 0.2) is 0 Å². The molecule has 2 aromatic rings. The molecule has 1 N–H and O–H groups in total. The number of anilines is 1. The minimum Gasteiger partial charge on any atom is -0.466 e. The highest BCUT2D eigenvalue weighted by molar-refractivity contribution is 7.13. The molecule has 6 nitrogen and oxygen atoms in total. The van der Waals surface area contributed by atoms with Crippen LogP contribution in [-0.4, -0.2) is 29.9 Å². The van der Waals surface area contributed by atoms with Crippen molar-refractivity contribution in [2.45, 2.75) is 58.2 Å². The first-order valence-electron chi connectivity index (χ1n) is 9.93. The van der Waals surface area contributed by atoms with Gasteiger partial charge >= 0.3 is 5.97 Å². The van der Waals surface area contributed by atoms with E-state index in [-0.39, 0.29) is 24.3 Å². The van der Waals surface area contributed by atoms with Crippen LogP contribution in [0.25, 0.3) is 0 Å². The van der Waals surface area contributed by atoms with Gasteiger partial charge in [-0.15, -0.1) is 11.3 Å². The number of benzene rings is 1. The third kappa shape index (κ3) is 6.90. The molecule has 1 fully saturated rings. The first kappa shape index (κ1) is 21.4. The fraction of sp³-hybridized carbons (Fsp3) is 0.476. The molecule has 1 saturated carbocycles. The van der Waals surface area contributed by atoms with Crippen LogP contribution in [0.3, 0.4) is 0 Å². The van der Waals surface area contributed by atoms with Crippen molar-refractivity contribution in [1.29, 1.82) is 0 Å². The van der Waals surface area contributed by atoms with Gasteiger partial charge in [-0.25, -0.2) is 9.37 Å². The van der Waals surface area contributed by atoms with Gasteiger partial charge in [0.1, 0.15) is 5.82 Å². The van der Waals surface area contributed by atoms with Gasteiger partial charge in [-0.05, 0) is 37.5 Å². The summed E-state index contributed by atoms with van der Waals surface area (Å²) in [5.74, 6) is -0.595. The Morgan fingerprint density at radius 1 is 1.38 bits per heavy atom. The lowest BCUT2D eigenvalue weighted by Crippen LogP contribution is -2.16. The normalized spacial score (nSPS) is 15.0. The highest BCUT2D eigenvalue weighted by atomic mass is 32.1. The Labute approximate surface area is 174 Å². The number of hydrogen-bond acceptors (Lipinski definition) is 7. The number of thiazole rings is 1. The SMILES string of the molecule is CCOC(=O)Cc1csc(NN=Cc2ccc(F)cc2COC2CCCCC2)n1. The first-order chi connectivity index (χ1) is 14.1. The van der Waals surface area contributed by atoms with Gasteiger partial charge in [-0.3, -0.25) is 10.2 Å². The van der Waals surface area contributed by atoms with Crippen molar-refractivity contribution in [2.24, 2.45) is 5.10 Å². The number of hydrogen-bond donors (Lipinski definition) is 1. The molecule has 3 rings (SSSR count). The van der Waals surface area contributed by atoms with E-state index in [2.05, 4.69) is 15.5 Å². The molecule has 0 saturated heterocycles. The van der Waals surface area contributed by atoms with E-state index < -0.39 is 0 Å². The van der Waals surface area contributed by atoms with Gasteiger partial charge in [0.2, 0.25) is 5.13 Å². The molecule has 0 radical (unpaired) electrons. The second-order valence-electron chi connectivity index (χ2n) is 6.91. The summed E-state index contributed by atoms with van der Waals surface area (Å²) >= 11 is 1.35. The number of carbonyl (C=O) groups is 1. The number of nitrogens with one attached hydrogen (secondary N) is 1. The van der Waals surface area contributed by atoms with Crippen LogP contribution in [0.5, 0.6) is 0 Å². The zero-order chi connectivity index (χ0) is 20.5. The van der Waals surface area contributed by atoms with Crippen molar-refractivity contribution in [2.75, 3.05) is 12.0 Å². The van der Waals surface area contributed by atoms with E-state index in [4.69, 9.17) is 9.47 Å². The third-order valence-corrected chi connectivity index (χ3v) is 5.47. The monoisotopic (exact) mass is 419 g/mol. The summed E-state index contributed by atoms with van der Waals surface area (Å²) < 4.78 is 24.6. The minimum absolute atomic E-state index is 0.135. The number of aromatic nitrogens is 1. The van der Waals surface area contributed by atoms with Crippen LogP contribution in [-0.2, 0) is 27.3 Å². The summed E-state index contributed by atoms with van der Waals surface area (Å²) in [4.78, 5) is 15.8. The molecule has 29 heavy (non-hydrogen) atoms. The standard InChI is InChI=1S/C21H26FN3O3S/c1-2-27-20(26)11-18-14-29-21(24-18)25-23-12-15-8-9-17(22)10-16(15)13-28-19-6-4-3-5-7-19/h8-10,12,14,19H,2-7,11,13H2,1H3,(H,24,25). The van der Waals surface area contributed by atoms with Crippen molar-refractivity contribution >= 4 is 28.7 Å². The van der Waals surface area contributed by atoms with E-state index in [9.17, 15) is 9.18 Å². The molecule has 0 atom stereocenters. The lowest BCUT2D eigenvalue weighted by atomic mass is 9.98. The number of esters is 1. The molecule has 1 aromatic heterocycles. The predicted molar refractivity (Wildman–Crippen MR) is 112 cm³/mol. The van der Waals surface area contributed by atoms with Crippen LogP contribution in [0.2, 0.25) is 0 Å². The maximum absolute atomic E-state index is 13.7. The van der Waals surface area contributed by atoms with Crippen molar-refractivity contribution in [1.82, 2.24) is 4.98 Å².